The molecule has 0 saturated heterocycles. The molecule has 110 valence electrons. The average molecular weight is 277 g/mol. The third-order valence-corrected chi connectivity index (χ3v) is 4.28. The fourth-order valence-corrected chi connectivity index (χ4v) is 3.09. The van der Waals surface area contributed by atoms with Gasteiger partial charge in [0.25, 0.3) is 0 Å². The number of anilines is 1. The molecule has 2 unspecified atom stereocenters. The number of rotatable bonds is 3. The fraction of sp³-hybridized carbons (Fsp3) is 0.625. The maximum atomic E-state index is 6.12. The topological polar surface area (TPSA) is 53.7 Å². The monoisotopic (exact) mass is 277 g/mol. The summed E-state index contributed by atoms with van der Waals surface area (Å²) < 4.78 is 17.2. The second kappa shape index (κ2) is 5.81. The lowest BCUT2D eigenvalue weighted by Gasteiger charge is -2.30. The van der Waals surface area contributed by atoms with Gasteiger partial charge < -0.3 is 19.9 Å². The van der Waals surface area contributed by atoms with Crippen LogP contribution in [0.3, 0.4) is 0 Å². The maximum absolute atomic E-state index is 6.12. The standard InChI is InChI=1S/C16H23NO3/c1-2-11-4-3-5-12(8-11)20-14-10-16-15(9-13(14)17)18-6-7-19-16/h9-12H,2-8,17H2,1H3. The number of ether oxygens (including phenoxy) is 3. The summed E-state index contributed by atoms with van der Waals surface area (Å²) in [6.07, 6.45) is 6.32. The Kier molecular flexibility index (Phi) is 3.90. The number of nitrogens with two attached hydrogens (primary N) is 1. The van der Waals surface area contributed by atoms with Gasteiger partial charge in [0.1, 0.15) is 19.0 Å². The largest absolute Gasteiger partial charge is 0.488 e. The summed E-state index contributed by atoms with van der Waals surface area (Å²) in [7, 11) is 0. The van der Waals surface area contributed by atoms with E-state index in [1.807, 2.05) is 12.1 Å². The van der Waals surface area contributed by atoms with Crippen LogP contribution in [-0.4, -0.2) is 19.3 Å². The lowest BCUT2D eigenvalue weighted by atomic mass is 9.85. The maximum Gasteiger partial charge on any atom is 0.165 e. The van der Waals surface area contributed by atoms with Crippen molar-refractivity contribution in [1.82, 2.24) is 0 Å². The fourth-order valence-electron chi connectivity index (χ4n) is 3.09. The van der Waals surface area contributed by atoms with Crippen molar-refractivity contribution in [3.8, 4) is 17.2 Å². The normalized spacial score (nSPS) is 25.2. The van der Waals surface area contributed by atoms with E-state index in [9.17, 15) is 0 Å². The van der Waals surface area contributed by atoms with Crippen molar-refractivity contribution in [1.29, 1.82) is 0 Å². The SMILES string of the molecule is CCC1CCCC(Oc2cc3c(cc2N)OCCO3)C1. The molecule has 2 N–H and O–H groups in total. The van der Waals surface area contributed by atoms with Gasteiger partial charge in [-0.25, -0.2) is 0 Å². The summed E-state index contributed by atoms with van der Waals surface area (Å²) in [5, 5.41) is 0. The van der Waals surface area contributed by atoms with Gasteiger partial charge in [-0.15, -0.1) is 0 Å². The first-order chi connectivity index (χ1) is 9.76. The van der Waals surface area contributed by atoms with Crippen LogP contribution in [0.5, 0.6) is 17.2 Å². The van der Waals surface area contributed by atoms with Crippen LogP contribution < -0.4 is 19.9 Å². The molecule has 0 radical (unpaired) electrons. The lowest BCUT2D eigenvalue weighted by Crippen LogP contribution is -2.25. The molecule has 1 aromatic carbocycles. The van der Waals surface area contributed by atoms with Crippen molar-refractivity contribution in [2.75, 3.05) is 18.9 Å². The van der Waals surface area contributed by atoms with Gasteiger partial charge in [-0.05, 0) is 25.2 Å². The number of hydrogen-bond donors (Lipinski definition) is 1. The van der Waals surface area contributed by atoms with Gasteiger partial charge in [-0.2, -0.15) is 0 Å². The first kappa shape index (κ1) is 13.4. The molecule has 0 amide bonds. The van der Waals surface area contributed by atoms with Crippen LogP contribution in [0.2, 0.25) is 0 Å². The Balaban J connectivity index is 1.73. The zero-order valence-electron chi connectivity index (χ0n) is 12.1. The summed E-state index contributed by atoms with van der Waals surface area (Å²) in [6.45, 7) is 3.41. The molecule has 0 aromatic heterocycles. The van der Waals surface area contributed by atoms with Crippen LogP contribution in [0.15, 0.2) is 12.1 Å². The zero-order chi connectivity index (χ0) is 13.9. The molecule has 1 heterocycles. The Morgan fingerprint density at radius 2 is 1.95 bits per heavy atom. The summed E-state index contributed by atoms with van der Waals surface area (Å²) in [4.78, 5) is 0. The summed E-state index contributed by atoms with van der Waals surface area (Å²) in [6, 6.07) is 3.68. The predicted molar refractivity (Wildman–Crippen MR) is 78.5 cm³/mol. The molecule has 1 fully saturated rings. The highest BCUT2D eigenvalue weighted by atomic mass is 16.6. The molecule has 2 aliphatic rings. The average Bonchev–Trinajstić information content (AvgIpc) is 2.48. The van der Waals surface area contributed by atoms with E-state index < -0.39 is 0 Å². The summed E-state index contributed by atoms with van der Waals surface area (Å²) in [5.41, 5.74) is 6.70. The highest BCUT2D eigenvalue weighted by Crippen LogP contribution is 2.40. The van der Waals surface area contributed by atoms with E-state index in [1.165, 1.54) is 19.3 Å². The van der Waals surface area contributed by atoms with Gasteiger partial charge in [0.15, 0.2) is 11.5 Å². The lowest BCUT2D eigenvalue weighted by molar-refractivity contribution is 0.121. The van der Waals surface area contributed by atoms with Gasteiger partial charge in [-0.1, -0.05) is 19.8 Å². The number of nitrogen functional groups attached to an aromatic ring is 1. The van der Waals surface area contributed by atoms with E-state index >= 15 is 0 Å². The molecule has 20 heavy (non-hydrogen) atoms. The first-order valence-electron chi connectivity index (χ1n) is 7.62. The van der Waals surface area contributed by atoms with Crippen LogP contribution in [0.4, 0.5) is 5.69 Å². The zero-order valence-corrected chi connectivity index (χ0v) is 12.1. The molecule has 4 heteroatoms. The smallest absolute Gasteiger partial charge is 0.165 e. The molecule has 4 nitrogen and oxygen atoms in total. The summed E-state index contributed by atoms with van der Waals surface area (Å²) >= 11 is 0. The third kappa shape index (κ3) is 2.79. The first-order valence-corrected chi connectivity index (χ1v) is 7.62. The van der Waals surface area contributed by atoms with Crippen LogP contribution in [0.25, 0.3) is 0 Å². The Bertz CT molecular complexity index is 475. The van der Waals surface area contributed by atoms with Gasteiger partial charge >= 0.3 is 0 Å². The van der Waals surface area contributed by atoms with Crippen molar-refractivity contribution in [2.45, 2.75) is 45.1 Å². The van der Waals surface area contributed by atoms with Gasteiger partial charge in [0.05, 0.1) is 11.8 Å². The summed E-state index contributed by atoms with van der Waals surface area (Å²) in [5.74, 6) is 2.97. The highest BCUT2D eigenvalue weighted by Gasteiger charge is 2.24. The molecule has 0 spiro atoms. The number of benzene rings is 1. The molecule has 2 atom stereocenters. The molecular formula is C16H23NO3. The van der Waals surface area contributed by atoms with E-state index in [0.29, 0.717) is 18.9 Å². The van der Waals surface area contributed by atoms with E-state index in [2.05, 4.69) is 6.92 Å². The quantitative estimate of drug-likeness (QED) is 0.860. The second-order valence-corrected chi connectivity index (χ2v) is 5.71. The molecule has 1 aromatic rings. The van der Waals surface area contributed by atoms with E-state index in [0.717, 1.165) is 36.0 Å². The van der Waals surface area contributed by atoms with Gasteiger partial charge in [0, 0.05) is 12.1 Å². The van der Waals surface area contributed by atoms with E-state index in [-0.39, 0.29) is 6.10 Å². The molecule has 1 aliphatic heterocycles. The molecule has 1 aliphatic carbocycles. The molecule has 1 saturated carbocycles. The van der Waals surface area contributed by atoms with Crippen molar-refractivity contribution < 1.29 is 14.2 Å². The minimum absolute atomic E-state index is 0.276. The van der Waals surface area contributed by atoms with E-state index in [1.54, 1.807) is 0 Å². The molecule has 0 bridgehead atoms. The van der Waals surface area contributed by atoms with Crippen LogP contribution in [0.1, 0.15) is 39.0 Å². The van der Waals surface area contributed by atoms with Crippen molar-refractivity contribution in [3.63, 3.8) is 0 Å². The minimum Gasteiger partial charge on any atom is -0.488 e. The minimum atomic E-state index is 0.276. The Labute approximate surface area is 120 Å². The van der Waals surface area contributed by atoms with Crippen molar-refractivity contribution in [3.05, 3.63) is 12.1 Å². The van der Waals surface area contributed by atoms with Gasteiger partial charge in [0.2, 0.25) is 0 Å². The third-order valence-electron chi connectivity index (χ3n) is 4.28. The van der Waals surface area contributed by atoms with Gasteiger partial charge in [-0.3, -0.25) is 0 Å². The van der Waals surface area contributed by atoms with Crippen molar-refractivity contribution >= 4 is 5.69 Å². The van der Waals surface area contributed by atoms with Crippen LogP contribution in [0, 0.1) is 5.92 Å². The highest BCUT2D eigenvalue weighted by molar-refractivity contribution is 5.62. The molecule has 3 rings (SSSR count). The second-order valence-electron chi connectivity index (χ2n) is 5.71. The van der Waals surface area contributed by atoms with Crippen LogP contribution in [-0.2, 0) is 0 Å². The Hall–Kier alpha value is -1.58. The van der Waals surface area contributed by atoms with Crippen LogP contribution >= 0.6 is 0 Å². The predicted octanol–water partition coefficient (Wildman–Crippen LogP) is 3.39. The Morgan fingerprint density at radius 1 is 1.20 bits per heavy atom. The molecular weight excluding hydrogens is 254 g/mol. The van der Waals surface area contributed by atoms with E-state index in [4.69, 9.17) is 19.9 Å². The number of fused-ring (bicyclic) bond motifs is 1. The number of hydrogen-bond acceptors (Lipinski definition) is 4. The van der Waals surface area contributed by atoms with Crippen molar-refractivity contribution in [2.24, 2.45) is 5.92 Å². The Morgan fingerprint density at radius 3 is 2.70 bits per heavy atom.